The van der Waals surface area contributed by atoms with Gasteiger partial charge in [0.1, 0.15) is 4.75 Å². The predicted molar refractivity (Wildman–Crippen MR) is 121 cm³/mol. The summed E-state index contributed by atoms with van der Waals surface area (Å²) < 4.78 is 24.1. The van der Waals surface area contributed by atoms with Gasteiger partial charge in [-0.25, -0.2) is 8.42 Å². The molecular weight excluding hydrogens is 382 g/mol. The zero-order chi connectivity index (χ0) is 21.7. The number of carbonyl (C=O) groups excluding carboxylic acids is 1. The predicted octanol–water partition coefficient (Wildman–Crippen LogP) is 5.22. The molecule has 29 heavy (non-hydrogen) atoms. The molecule has 0 bridgehead atoms. The average Bonchev–Trinajstić information content (AvgIpc) is 2.73. The van der Waals surface area contributed by atoms with Crippen LogP contribution in [0.15, 0.2) is 71.6 Å². The molecule has 154 valence electrons. The molecule has 0 atom stereocenters. The van der Waals surface area contributed by atoms with Crippen molar-refractivity contribution >= 4 is 26.5 Å². The van der Waals surface area contributed by atoms with Gasteiger partial charge in [-0.3, -0.25) is 4.79 Å². The third-order valence-corrected chi connectivity index (χ3v) is 7.11. The number of amides is 1. The fourth-order valence-electron chi connectivity index (χ4n) is 2.91. The number of hydrogen-bond acceptors (Lipinski definition) is 3. The lowest BCUT2D eigenvalue weighted by atomic mass is 10.0. The van der Waals surface area contributed by atoms with Gasteiger partial charge in [-0.2, -0.15) is 0 Å². The van der Waals surface area contributed by atoms with Crippen molar-refractivity contribution in [1.29, 1.82) is 0 Å². The first kappa shape index (κ1) is 22.6. The molecule has 3 rings (SSSR count). The quantitative estimate of drug-likeness (QED) is 0.640. The van der Waals surface area contributed by atoms with Crippen LogP contribution in [0.2, 0.25) is 0 Å². The molecule has 5 heteroatoms. The van der Waals surface area contributed by atoms with E-state index in [2.05, 4.69) is 31.3 Å². The molecule has 1 amide bonds. The van der Waals surface area contributed by atoms with E-state index in [1.807, 2.05) is 30.3 Å². The Morgan fingerprint density at radius 2 is 1.38 bits per heavy atom. The van der Waals surface area contributed by atoms with E-state index >= 15 is 0 Å². The van der Waals surface area contributed by atoms with Gasteiger partial charge in [0.2, 0.25) is 5.91 Å². The van der Waals surface area contributed by atoms with Gasteiger partial charge in [-0.1, -0.05) is 68.8 Å². The normalized spacial score (nSPS) is 11.5. The third kappa shape index (κ3) is 4.67. The SMILES string of the molecule is CCC.CNC(=O)C(C)(C)S(=O)(=O)c1ccc(-c2ccc3ccccc3c2)cc1. The third-order valence-electron chi connectivity index (χ3n) is 4.69. The molecule has 0 saturated heterocycles. The van der Waals surface area contributed by atoms with Crippen molar-refractivity contribution < 1.29 is 13.2 Å². The molecule has 4 nitrogen and oxygen atoms in total. The molecule has 0 spiro atoms. The maximum atomic E-state index is 12.8. The molecular formula is C24H29NO3S. The summed E-state index contributed by atoms with van der Waals surface area (Å²) in [6.07, 6.45) is 1.25. The van der Waals surface area contributed by atoms with E-state index in [1.54, 1.807) is 24.3 Å². The van der Waals surface area contributed by atoms with Crippen molar-refractivity contribution in [2.45, 2.75) is 43.8 Å². The zero-order valence-electron chi connectivity index (χ0n) is 17.7. The number of hydrogen-bond donors (Lipinski definition) is 1. The first-order valence-corrected chi connectivity index (χ1v) is 11.2. The Hall–Kier alpha value is -2.66. The Balaban J connectivity index is 0.000000941. The lowest BCUT2D eigenvalue weighted by molar-refractivity contribution is -0.122. The van der Waals surface area contributed by atoms with Crippen LogP contribution >= 0.6 is 0 Å². The van der Waals surface area contributed by atoms with E-state index in [4.69, 9.17) is 0 Å². The second-order valence-electron chi connectivity index (χ2n) is 7.39. The smallest absolute Gasteiger partial charge is 0.241 e. The monoisotopic (exact) mass is 411 g/mol. The molecule has 1 N–H and O–H groups in total. The number of sulfone groups is 1. The maximum Gasteiger partial charge on any atom is 0.241 e. The van der Waals surface area contributed by atoms with E-state index in [0.29, 0.717) is 0 Å². The molecule has 0 heterocycles. The van der Waals surface area contributed by atoms with Crippen molar-refractivity contribution in [2.75, 3.05) is 7.05 Å². The van der Waals surface area contributed by atoms with Crippen molar-refractivity contribution in [3.05, 3.63) is 66.7 Å². The number of fused-ring (bicyclic) bond motifs is 1. The van der Waals surface area contributed by atoms with Gasteiger partial charge in [-0.15, -0.1) is 0 Å². The Kier molecular flexibility index (Phi) is 7.20. The Morgan fingerprint density at radius 1 is 0.862 bits per heavy atom. The number of rotatable bonds is 4. The molecule has 0 radical (unpaired) electrons. The first-order chi connectivity index (χ1) is 13.7. The van der Waals surface area contributed by atoms with Crippen LogP contribution in [0.4, 0.5) is 0 Å². The van der Waals surface area contributed by atoms with Crippen LogP contribution in [0, 0.1) is 0 Å². The zero-order valence-corrected chi connectivity index (χ0v) is 18.5. The van der Waals surface area contributed by atoms with Gasteiger partial charge < -0.3 is 5.32 Å². The van der Waals surface area contributed by atoms with Crippen LogP contribution in [0.3, 0.4) is 0 Å². The number of benzene rings is 3. The van der Waals surface area contributed by atoms with E-state index < -0.39 is 20.5 Å². The molecule has 0 aliphatic heterocycles. The standard InChI is InChI=1S/C21H21NO3S.C3H8/c1-21(2,20(23)22-3)26(24,25)19-12-10-16(11-13-19)18-9-8-15-6-4-5-7-17(15)14-18;1-3-2/h4-14H,1-3H3,(H,22,23);3H2,1-2H3. The molecule has 0 aliphatic rings. The summed E-state index contributed by atoms with van der Waals surface area (Å²) in [5.74, 6) is -0.531. The minimum Gasteiger partial charge on any atom is -0.358 e. The summed E-state index contributed by atoms with van der Waals surface area (Å²) >= 11 is 0. The number of carbonyl (C=O) groups is 1. The Labute approximate surface area is 173 Å². The van der Waals surface area contributed by atoms with Gasteiger partial charge in [0.15, 0.2) is 9.84 Å². The highest BCUT2D eigenvalue weighted by atomic mass is 32.2. The first-order valence-electron chi connectivity index (χ1n) is 9.75. The highest BCUT2D eigenvalue weighted by Crippen LogP contribution is 2.29. The van der Waals surface area contributed by atoms with Crippen LogP contribution in [0.25, 0.3) is 21.9 Å². The molecule has 3 aromatic rings. The maximum absolute atomic E-state index is 12.8. The van der Waals surface area contributed by atoms with Crippen molar-refractivity contribution in [1.82, 2.24) is 5.32 Å². The molecule has 3 aromatic carbocycles. The van der Waals surface area contributed by atoms with Gasteiger partial charge in [0.25, 0.3) is 0 Å². The largest absolute Gasteiger partial charge is 0.358 e. The lowest BCUT2D eigenvalue weighted by Gasteiger charge is -2.23. The molecule has 0 saturated carbocycles. The van der Waals surface area contributed by atoms with Gasteiger partial charge >= 0.3 is 0 Å². The molecule has 0 aromatic heterocycles. The lowest BCUT2D eigenvalue weighted by Crippen LogP contribution is -2.46. The molecule has 0 unspecified atom stereocenters. The molecule has 0 fully saturated rings. The van der Waals surface area contributed by atoms with E-state index in [0.717, 1.165) is 21.9 Å². The van der Waals surface area contributed by atoms with Gasteiger partial charge in [0, 0.05) is 7.05 Å². The van der Waals surface area contributed by atoms with Crippen molar-refractivity contribution in [3.8, 4) is 11.1 Å². The van der Waals surface area contributed by atoms with Crippen LogP contribution in [-0.2, 0) is 14.6 Å². The second kappa shape index (κ2) is 9.23. The topological polar surface area (TPSA) is 63.2 Å². The molecule has 0 aliphatic carbocycles. The van der Waals surface area contributed by atoms with E-state index in [-0.39, 0.29) is 4.90 Å². The summed E-state index contributed by atoms with van der Waals surface area (Å²) in [7, 11) is -2.36. The van der Waals surface area contributed by atoms with Crippen LogP contribution < -0.4 is 5.32 Å². The number of nitrogens with one attached hydrogen (secondary N) is 1. The van der Waals surface area contributed by atoms with Crippen molar-refractivity contribution in [2.24, 2.45) is 0 Å². The van der Waals surface area contributed by atoms with Crippen LogP contribution in [0.1, 0.15) is 34.1 Å². The summed E-state index contributed by atoms with van der Waals surface area (Å²) in [5.41, 5.74) is 1.94. The highest BCUT2D eigenvalue weighted by molar-refractivity contribution is 7.93. The van der Waals surface area contributed by atoms with Crippen molar-refractivity contribution in [3.63, 3.8) is 0 Å². The van der Waals surface area contributed by atoms with Gasteiger partial charge in [0.05, 0.1) is 4.90 Å². The van der Waals surface area contributed by atoms with E-state index in [1.165, 1.54) is 27.3 Å². The van der Waals surface area contributed by atoms with Gasteiger partial charge in [-0.05, 0) is 53.9 Å². The summed E-state index contributed by atoms with van der Waals surface area (Å²) in [5, 5.41) is 4.70. The van der Waals surface area contributed by atoms with E-state index in [9.17, 15) is 13.2 Å². The minimum atomic E-state index is -3.80. The fraction of sp³-hybridized carbons (Fsp3) is 0.292. The summed E-state index contributed by atoms with van der Waals surface area (Å²) in [6, 6.07) is 20.9. The van der Waals surface area contributed by atoms with Crippen LogP contribution in [0.5, 0.6) is 0 Å². The Morgan fingerprint density at radius 3 is 1.93 bits per heavy atom. The summed E-state index contributed by atoms with van der Waals surface area (Å²) in [4.78, 5) is 12.1. The average molecular weight is 412 g/mol. The highest BCUT2D eigenvalue weighted by Gasteiger charge is 2.42. The fourth-order valence-corrected chi connectivity index (χ4v) is 4.34. The summed E-state index contributed by atoms with van der Waals surface area (Å²) in [6.45, 7) is 7.08. The Bertz CT molecular complexity index is 1080. The second-order valence-corrected chi connectivity index (χ2v) is 9.89. The van der Waals surface area contributed by atoms with Crippen LogP contribution in [-0.4, -0.2) is 26.1 Å². The minimum absolute atomic E-state index is 0.135.